The Balaban J connectivity index is 3.86. The summed E-state index contributed by atoms with van der Waals surface area (Å²) in [5.74, 6) is 0.189. The molecule has 0 rings (SSSR count). The Labute approximate surface area is 246 Å². The van der Waals surface area contributed by atoms with Crippen LogP contribution in [0.2, 0.25) is 12.1 Å². The summed E-state index contributed by atoms with van der Waals surface area (Å²) in [6.45, 7) is 16.3. The molecule has 0 fully saturated rings. The highest BCUT2D eigenvalue weighted by Gasteiger charge is 2.40. The molecule has 0 aliphatic carbocycles. The average molecular weight is 609 g/mol. The van der Waals surface area contributed by atoms with Gasteiger partial charge in [0, 0.05) is 77.7 Å². The van der Waals surface area contributed by atoms with E-state index in [9.17, 15) is 9.59 Å². The number of hydrogen-bond acceptors (Lipinski definition) is 8. The number of rotatable bonds is 29. The van der Waals surface area contributed by atoms with Crippen LogP contribution in [0.25, 0.3) is 0 Å². The van der Waals surface area contributed by atoms with Crippen molar-refractivity contribution in [3.05, 3.63) is 0 Å². The van der Waals surface area contributed by atoms with Gasteiger partial charge in [0.1, 0.15) is 0 Å². The van der Waals surface area contributed by atoms with E-state index in [1.807, 2.05) is 41.5 Å². The second-order valence-electron chi connectivity index (χ2n) is 9.49. The summed E-state index contributed by atoms with van der Waals surface area (Å²) >= 11 is 0. The first-order valence-electron chi connectivity index (χ1n) is 15.7. The van der Waals surface area contributed by atoms with Crippen LogP contribution in [0.3, 0.4) is 0 Å². The second kappa shape index (κ2) is 25.8. The standard InChI is InChI=1S/C28H60N2O8Si2/c1-7-33-39(34-8-2,35-9-3)25-19-23-29-27(31)21-17-15-13-14-16-18-22-28(32)30-24-20-26-40(36-10-4,37-11-5)38-12-6/h7-26H2,1-6H3,(H,29,31)(H,30,32). The predicted octanol–water partition coefficient (Wildman–Crippen LogP) is 5.22. The van der Waals surface area contributed by atoms with Crippen molar-refractivity contribution in [1.29, 1.82) is 0 Å². The second-order valence-corrected chi connectivity index (χ2v) is 15.0. The van der Waals surface area contributed by atoms with Gasteiger partial charge in [-0.3, -0.25) is 9.59 Å². The minimum absolute atomic E-state index is 0.0943. The molecule has 12 heteroatoms. The van der Waals surface area contributed by atoms with Gasteiger partial charge in [-0.2, -0.15) is 0 Å². The molecule has 0 saturated heterocycles. The zero-order chi connectivity index (χ0) is 30.0. The van der Waals surface area contributed by atoms with Gasteiger partial charge in [0.25, 0.3) is 0 Å². The lowest BCUT2D eigenvalue weighted by Crippen LogP contribution is -2.46. The molecule has 0 atom stereocenters. The van der Waals surface area contributed by atoms with Crippen LogP contribution in [0, 0.1) is 0 Å². The number of carbonyl (C=O) groups is 2. The van der Waals surface area contributed by atoms with Crippen LogP contribution in [-0.2, 0) is 36.1 Å². The van der Waals surface area contributed by atoms with E-state index < -0.39 is 17.6 Å². The fourth-order valence-corrected chi connectivity index (χ4v) is 9.75. The molecule has 0 aliphatic rings. The van der Waals surface area contributed by atoms with Gasteiger partial charge in [-0.1, -0.05) is 25.7 Å². The Bertz CT molecular complexity index is 545. The monoisotopic (exact) mass is 608 g/mol. The lowest BCUT2D eigenvalue weighted by Gasteiger charge is -2.28. The topological polar surface area (TPSA) is 114 Å². The molecular weight excluding hydrogens is 548 g/mol. The Kier molecular flexibility index (Phi) is 25.3. The summed E-state index contributed by atoms with van der Waals surface area (Å²) in [5.41, 5.74) is 0. The van der Waals surface area contributed by atoms with Gasteiger partial charge >= 0.3 is 17.6 Å². The van der Waals surface area contributed by atoms with Crippen LogP contribution in [0.5, 0.6) is 0 Å². The van der Waals surface area contributed by atoms with Crippen molar-refractivity contribution in [3.63, 3.8) is 0 Å². The molecule has 0 bridgehead atoms. The first kappa shape index (κ1) is 39.1. The molecule has 0 heterocycles. The molecule has 40 heavy (non-hydrogen) atoms. The third kappa shape index (κ3) is 19.3. The van der Waals surface area contributed by atoms with E-state index in [0.29, 0.717) is 77.7 Å². The fraction of sp³-hybridized carbons (Fsp3) is 0.929. The molecule has 10 nitrogen and oxygen atoms in total. The molecule has 2 amide bonds. The molecule has 2 N–H and O–H groups in total. The Morgan fingerprint density at radius 3 is 1.00 bits per heavy atom. The molecule has 0 saturated carbocycles. The van der Waals surface area contributed by atoms with Crippen molar-refractivity contribution in [1.82, 2.24) is 10.6 Å². The summed E-state index contributed by atoms with van der Waals surface area (Å²) in [4.78, 5) is 24.3. The minimum atomic E-state index is -2.64. The Morgan fingerprint density at radius 1 is 0.450 bits per heavy atom. The fourth-order valence-electron chi connectivity index (χ4n) is 4.52. The lowest BCUT2D eigenvalue weighted by molar-refractivity contribution is -0.122. The van der Waals surface area contributed by atoms with Crippen LogP contribution < -0.4 is 10.6 Å². The van der Waals surface area contributed by atoms with E-state index in [-0.39, 0.29) is 11.8 Å². The van der Waals surface area contributed by atoms with E-state index in [2.05, 4.69) is 10.6 Å². The molecule has 0 aromatic rings. The van der Waals surface area contributed by atoms with Gasteiger partial charge in [-0.05, 0) is 67.2 Å². The van der Waals surface area contributed by atoms with Gasteiger partial charge in [0.2, 0.25) is 11.8 Å². The van der Waals surface area contributed by atoms with Crippen molar-refractivity contribution >= 4 is 29.4 Å². The quantitative estimate of drug-likeness (QED) is 0.0878. The first-order chi connectivity index (χ1) is 19.4. The maximum atomic E-state index is 12.2. The number of unbranched alkanes of at least 4 members (excludes halogenated alkanes) is 5. The van der Waals surface area contributed by atoms with Gasteiger partial charge in [-0.15, -0.1) is 0 Å². The molecule has 0 aromatic heterocycles. The highest BCUT2D eigenvalue weighted by Crippen LogP contribution is 2.19. The van der Waals surface area contributed by atoms with Crippen LogP contribution in [-0.4, -0.2) is 82.2 Å². The summed E-state index contributed by atoms with van der Waals surface area (Å²) in [6, 6.07) is 1.41. The maximum Gasteiger partial charge on any atom is 0.500 e. The summed E-state index contributed by atoms with van der Waals surface area (Å²) in [5, 5.41) is 6.01. The van der Waals surface area contributed by atoms with Gasteiger partial charge < -0.3 is 37.2 Å². The molecule has 0 radical (unpaired) electrons. The van der Waals surface area contributed by atoms with Gasteiger partial charge in [0.05, 0.1) is 0 Å². The summed E-state index contributed by atoms with van der Waals surface area (Å²) < 4.78 is 35.1. The van der Waals surface area contributed by atoms with Crippen LogP contribution in [0.4, 0.5) is 0 Å². The van der Waals surface area contributed by atoms with Crippen LogP contribution in [0.1, 0.15) is 106 Å². The van der Waals surface area contributed by atoms with Gasteiger partial charge in [-0.25, -0.2) is 0 Å². The first-order valence-corrected chi connectivity index (χ1v) is 19.6. The third-order valence-electron chi connectivity index (χ3n) is 6.21. The van der Waals surface area contributed by atoms with Crippen LogP contribution >= 0.6 is 0 Å². The molecule has 238 valence electrons. The van der Waals surface area contributed by atoms with E-state index >= 15 is 0 Å². The summed E-state index contributed by atoms with van der Waals surface area (Å²) in [6.07, 6.45) is 8.65. The zero-order valence-corrected chi connectivity index (χ0v) is 28.4. The van der Waals surface area contributed by atoms with E-state index in [1.54, 1.807) is 0 Å². The largest absolute Gasteiger partial charge is 0.500 e. The highest BCUT2D eigenvalue weighted by molar-refractivity contribution is 6.61. The van der Waals surface area contributed by atoms with Crippen molar-refractivity contribution in [2.45, 2.75) is 118 Å². The van der Waals surface area contributed by atoms with E-state index in [0.717, 1.165) is 51.4 Å². The van der Waals surface area contributed by atoms with Crippen molar-refractivity contribution < 1.29 is 36.1 Å². The van der Waals surface area contributed by atoms with Crippen molar-refractivity contribution in [2.24, 2.45) is 0 Å². The normalized spacial score (nSPS) is 12.1. The molecule has 0 aromatic carbocycles. The highest BCUT2D eigenvalue weighted by atomic mass is 28.4. The Hall–Kier alpha value is -0.866. The number of hydrogen-bond donors (Lipinski definition) is 2. The third-order valence-corrected chi connectivity index (χ3v) is 12.5. The molecule has 0 spiro atoms. The van der Waals surface area contributed by atoms with E-state index in [4.69, 9.17) is 26.6 Å². The minimum Gasteiger partial charge on any atom is -0.374 e. The smallest absolute Gasteiger partial charge is 0.374 e. The van der Waals surface area contributed by atoms with Crippen molar-refractivity contribution in [2.75, 3.05) is 52.7 Å². The number of amides is 2. The number of nitrogens with one attached hydrogen (secondary N) is 2. The molecular formula is C28H60N2O8Si2. The Morgan fingerprint density at radius 2 is 0.725 bits per heavy atom. The molecule has 0 aliphatic heterocycles. The van der Waals surface area contributed by atoms with Crippen LogP contribution in [0.15, 0.2) is 0 Å². The average Bonchev–Trinajstić information content (AvgIpc) is 2.91. The maximum absolute atomic E-state index is 12.2. The molecule has 0 unspecified atom stereocenters. The zero-order valence-electron chi connectivity index (χ0n) is 26.4. The lowest BCUT2D eigenvalue weighted by atomic mass is 10.1. The predicted molar refractivity (Wildman–Crippen MR) is 163 cm³/mol. The van der Waals surface area contributed by atoms with Crippen molar-refractivity contribution in [3.8, 4) is 0 Å². The summed E-state index contributed by atoms with van der Waals surface area (Å²) in [7, 11) is -5.27. The number of carbonyl (C=O) groups excluding carboxylic acids is 2. The van der Waals surface area contributed by atoms with Gasteiger partial charge in [0.15, 0.2) is 0 Å². The SMILES string of the molecule is CCO[Si](CCCNC(=O)CCCCCCCCC(=O)NCCC[Si](OCC)(OCC)OCC)(OCC)OCC. The van der Waals surface area contributed by atoms with E-state index in [1.165, 1.54) is 0 Å².